The lowest BCUT2D eigenvalue weighted by Gasteiger charge is -2.13. The number of carbonyl (C=O) groups excluding carboxylic acids is 1. The van der Waals surface area contributed by atoms with Crippen molar-refractivity contribution in [1.29, 1.82) is 0 Å². The Hall–Kier alpha value is -2.30. The Kier molecular flexibility index (Phi) is 4.88. The number of rotatable bonds is 4. The van der Waals surface area contributed by atoms with E-state index in [9.17, 15) is 4.79 Å². The molecule has 1 heterocycles. The molecule has 2 aromatic carbocycles. The Labute approximate surface area is 149 Å². The largest absolute Gasteiger partial charge is 0.489 e. The van der Waals surface area contributed by atoms with Crippen LogP contribution in [0.4, 0.5) is 5.69 Å². The van der Waals surface area contributed by atoms with Gasteiger partial charge in [0.2, 0.25) is 5.91 Å². The summed E-state index contributed by atoms with van der Waals surface area (Å²) < 4.78 is 5.81. The Bertz CT molecular complexity index is 913. The average Bonchev–Trinajstić information content (AvgIpc) is 2.57. The first-order valence-corrected chi connectivity index (χ1v) is 8.01. The summed E-state index contributed by atoms with van der Waals surface area (Å²) in [6.07, 6.45) is 3.52. The number of nitrogens with one attached hydrogen (secondary N) is 1. The Morgan fingerprint density at radius 1 is 1.17 bits per heavy atom. The first-order chi connectivity index (χ1) is 11.5. The van der Waals surface area contributed by atoms with E-state index in [0.29, 0.717) is 27.0 Å². The van der Waals surface area contributed by atoms with Crippen LogP contribution in [-0.4, -0.2) is 10.9 Å². The summed E-state index contributed by atoms with van der Waals surface area (Å²) in [5.41, 5.74) is 1.13. The van der Waals surface area contributed by atoms with Gasteiger partial charge in [0.25, 0.3) is 0 Å². The fourth-order valence-electron chi connectivity index (χ4n) is 2.32. The van der Waals surface area contributed by atoms with Crippen LogP contribution < -0.4 is 10.1 Å². The average molecular weight is 361 g/mol. The van der Waals surface area contributed by atoms with Gasteiger partial charge < -0.3 is 10.1 Å². The monoisotopic (exact) mass is 360 g/mol. The van der Waals surface area contributed by atoms with Crippen molar-refractivity contribution >= 4 is 45.6 Å². The van der Waals surface area contributed by atoms with E-state index in [1.54, 1.807) is 24.5 Å². The van der Waals surface area contributed by atoms with Crippen molar-refractivity contribution in [3.63, 3.8) is 0 Å². The fraction of sp³-hybridized carbons (Fsp3) is 0.111. The lowest BCUT2D eigenvalue weighted by molar-refractivity contribution is -0.114. The molecule has 122 valence electrons. The zero-order valence-corrected chi connectivity index (χ0v) is 14.4. The van der Waals surface area contributed by atoms with Gasteiger partial charge in [-0.2, -0.15) is 0 Å². The van der Waals surface area contributed by atoms with E-state index in [1.807, 2.05) is 24.3 Å². The molecule has 0 spiro atoms. The minimum absolute atomic E-state index is 0.191. The van der Waals surface area contributed by atoms with Crippen LogP contribution in [0.15, 0.2) is 48.8 Å². The summed E-state index contributed by atoms with van der Waals surface area (Å²) >= 11 is 12.5. The van der Waals surface area contributed by atoms with Gasteiger partial charge in [0.1, 0.15) is 12.4 Å². The standard InChI is InChI=1S/C18H14Cl2N2O2/c1-11(23)22-17-5-4-16(19)15(18(17)20)10-24-14-3-2-12-6-7-21-9-13(12)8-14/h2-9H,10H2,1H3,(H,22,23). The molecule has 24 heavy (non-hydrogen) atoms. The van der Waals surface area contributed by atoms with Crippen LogP contribution in [0.5, 0.6) is 5.75 Å². The van der Waals surface area contributed by atoms with E-state index in [-0.39, 0.29) is 12.5 Å². The molecule has 1 N–H and O–H groups in total. The van der Waals surface area contributed by atoms with Gasteiger partial charge >= 0.3 is 0 Å². The molecule has 1 aromatic heterocycles. The van der Waals surface area contributed by atoms with Crippen LogP contribution in [0.3, 0.4) is 0 Å². The van der Waals surface area contributed by atoms with E-state index in [1.165, 1.54) is 6.92 Å². The molecule has 0 aliphatic rings. The zero-order chi connectivity index (χ0) is 17.1. The number of carbonyl (C=O) groups is 1. The molecule has 0 aliphatic carbocycles. The predicted molar refractivity (Wildman–Crippen MR) is 96.8 cm³/mol. The molecular weight excluding hydrogens is 347 g/mol. The number of hydrogen-bond acceptors (Lipinski definition) is 3. The number of halogens is 2. The van der Waals surface area contributed by atoms with Crippen molar-refractivity contribution in [2.45, 2.75) is 13.5 Å². The van der Waals surface area contributed by atoms with Gasteiger partial charge in [0, 0.05) is 35.3 Å². The lowest BCUT2D eigenvalue weighted by atomic mass is 10.1. The van der Waals surface area contributed by atoms with Gasteiger partial charge in [-0.05, 0) is 35.7 Å². The normalized spacial score (nSPS) is 10.6. The zero-order valence-electron chi connectivity index (χ0n) is 12.8. The second-order valence-corrected chi connectivity index (χ2v) is 6.03. The number of fused-ring (bicyclic) bond motifs is 1. The van der Waals surface area contributed by atoms with E-state index in [2.05, 4.69) is 10.3 Å². The quantitative estimate of drug-likeness (QED) is 0.705. The smallest absolute Gasteiger partial charge is 0.221 e. The molecular formula is C18H14Cl2N2O2. The number of ether oxygens (including phenoxy) is 1. The molecule has 0 fully saturated rings. The SMILES string of the molecule is CC(=O)Nc1ccc(Cl)c(COc2ccc3ccncc3c2)c1Cl. The highest BCUT2D eigenvalue weighted by Crippen LogP contribution is 2.33. The van der Waals surface area contributed by atoms with Crippen LogP contribution in [0.2, 0.25) is 10.0 Å². The lowest BCUT2D eigenvalue weighted by Crippen LogP contribution is -2.08. The third kappa shape index (κ3) is 3.61. The maximum atomic E-state index is 11.2. The van der Waals surface area contributed by atoms with E-state index in [4.69, 9.17) is 27.9 Å². The molecule has 3 aromatic rings. The highest BCUT2D eigenvalue weighted by molar-refractivity contribution is 6.38. The fourth-order valence-corrected chi connectivity index (χ4v) is 2.85. The number of aromatic nitrogens is 1. The van der Waals surface area contributed by atoms with Gasteiger partial charge in [-0.3, -0.25) is 9.78 Å². The van der Waals surface area contributed by atoms with Crippen LogP contribution in [0.25, 0.3) is 10.8 Å². The molecule has 0 saturated heterocycles. The Balaban J connectivity index is 1.83. The number of benzene rings is 2. The molecule has 1 amide bonds. The minimum Gasteiger partial charge on any atom is -0.489 e. The van der Waals surface area contributed by atoms with E-state index in [0.717, 1.165) is 10.8 Å². The van der Waals surface area contributed by atoms with Gasteiger partial charge in [-0.15, -0.1) is 0 Å². The van der Waals surface area contributed by atoms with Crippen LogP contribution >= 0.6 is 23.2 Å². The predicted octanol–water partition coefficient (Wildman–Crippen LogP) is 5.08. The third-order valence-electron chi connectivity index (χ3n) is 3.49. The van der Waals surface area contributed by atoms with Crippen molar-refractivity contribution < 1.29 is 9.53 Å². The summed E-state index contributed by atoms with van der Waals surface area (Å²) in [5.74, 6) is 0.487. The molecule has 0 unspecified atom stereocenters. The summed E-state index contributed by atoms with van der Waals surface area (Å²) in [7, 11) is 0. The first kappa shape index (κ1) is 16.6. The summed E-state index contributed by atoms with van der Waals surface area (Å²) in [6.45, 7) is 1.61. The molecule has 0 saturated carbocycles. The van der Waals surface area contributed by atoms with Crippen LogP contribution in [0, 0.1) is 0 Å². The van der Waals surface area contributed by atoms with Crippen molar-refractivity contribution in [1.82, 2.24) is 4.98 Å². The number of hydrogen-bond donors (Lipinski definition) is 1. The Morgan fingerprint density at radius 2 is 2.00 bits per heavy atom. The van der Waals surface area contributed by atoms with Crippen LogP contribution in [0.1, 0.15) is 12.5 Å². The Morgan fingerprint density at radius 3 is 2.79 bits per heavy atom. The summed E-state index contributed by atoms with van der Waals surface area (Å²) in [6, 6.07) is 11.0. The van der Waals surface area contributed by atoms with Gasteiger partial charge in [0.15, 0.2) is 0 Å². The third-order valence-corrected chi connectivity index (χ3v) is 4.28. The number of pyridine rings is 1. The topological polar surface area (TPSA) is 51.2 Å². The molecule has 6 heteroatoms. The number of nitrogens with zero attached hydrogens (tertiary/aromatic N) is 1. The second-order valence-electron chi connectivity index (χ2n) is 5.24. The number of amides is 1. The minimum atomic E-state index is -0.201. The van der Waals surface area contributed by atoms with Crippen molar-refractivity contribution in [3.8, 4) is 5.75 Å². The molecule has 0 atom stereocenters. The van der Waals surface area contributed by atoms with Gasteiger partial charge in [0.05, 0.1) is 10.7 Å². The first-order valence-electron chi connectivity index (χ1n) is 7.25. The van der Waals surface area contributed by atoms with Gasteiger partial charge in [-0.25, -0.2) is 0 Å². The maximum Gasteiger partial charge on any atom is 0.221 e. The molecule has 0 radical (unpaired) electrons. The second kappa shape index (κ2) is 7.07. The highest BCUT2D eigenvalue weighted by Gasteiger charge is 2.12. The molecule has 3 rings (SSSR count). The summed E-state index contributed by atoms with van der Waals surface area (Å²) in [4.78, 5) is 15.3. The number of anilines is 1. The van der Waals surface area contributed by atoms with Crippen LogP contribution in [-0.2, 0) is 11.4 Å². The van der Waals surface area contributed by atoms with Crippen molar-refractivity contribution in [2.75, 3.05) is 5.32 Å². The van der Waals surface area contributed by atoms with Crippen molar-refractivity contribution in [3.05, 3.63) is 64.4 Å². The van der Waals surface area contributed by atoms with E-state index < -0.39 is 0 Å². The molecule has 0 bridgehead atoms. The summed E-state index contributed by atoms with van der Waals surface area (Å²) in [5, 5.41) is 5.60. The van der Waals surface area contributed by atoms with E-state index >= 15 is 0 Å². The molecule has 4 nitrogen and oxygen atoms in total. The van der Waals surface area contributed by atoms with Crippen molar-refractivity contribution in [2.24, 2.45) is 0 Å². The van der Waals surface area contributed by atoms with Gasteiger partial charge in [-0.1, -0.05) is 29.3 Å². The molecule has 0 aliphatic heterocycles. The maximum absolute atomic E-state index is 11.2. The highest BCUT2D eigenvalue weighted by atomic mass is 35.5.